The van der Waals surface area contributed by atoms with Gasteiger partial charge in [0, 0.05) is 26.2 Å². The van der Waals surface area contributed by atoms with Crippen LogP contribution in [0.5, 0.6) is 0 Å². The van der Waals surface area contributed by atoms with E-state index in [1.165, 1.54) is 0 Å². The molecule has 18 heavy (non-hydrogen) atoms. The second kappa shape index (κ2) is 5.08. The summed E-state index contributed by atoms with van der Waals surface area (Å²) in [6, 6.07) is 4.00. The molecule has 2 heterocycles. The average Bonchev–Trinajstić information content (AvgIpc) is 2.67. The van der Waals surface area contributed by atoms with Crippen molar-refractivity contribution in [1.82, 2.24) is 10.1 Å². The predicted molar refractivity (Wildman–Crippen MR) is 71.9 cm³/mol. The first kappa shape index (κ1) is 12.4. The molecule has 0 amide bonds. The van der Waals surface area contributed by atoms with E-state index in [1.807, 2.05) is 51.2 Å². The highest BCUT2D eigenvalue weighted by atomic mass is 16.5. The molecule has 2 aromatic heterocycles. The van der Waals surface area contributed by atoms with Gasteiger partial charge in [-0.3, -0.25) is 0 Å². The van der Waals surface area contributed by atoms with Crippen molar-refractivity contribution in [1.29, 1.82) is 0 Å². The summed E-state index contributed by atoms with van der Waals surface area (Å²) in [6.45, 7) is 4.56. The largest absolute Gasteiger partial charge is 0.380 e. The summed E-state index contributed by atoms with van der Waals surface area (Å²) in [5, 5.41) is 7.24. The standard InChI is InChI=1S/C13H18N4O/c1-9-12(10(2)18-16-9)8-14-11-5-6-13(15-7-11)17(3)4/h5-7,14H,8H2,1-4H3. The summed E-state index contributed by atoms with van der Waals surface area (Å²) in [5.41, 5.74) is 3.02. The number of nitrogens with one attached hydrogen (secondary N) is 1. The molecule has 1 N–H and O–H groups in total. The fourth-order valence-corrected chi connectivity index (χ4v) is 1.70. The first-order valence-electron chi connectivity index (χ1n) is 5.87. The van der Waals surface area contributed by atoms with Gasteiger partial charge in [-0.1, -0.05) is 5.16 Å². The molecule has 0 aromatic carbocycles. The second-order valence-corrected chi connectivity index (χ2v) is 4.46. The molecule has 2 aromatic rings. The van der Waals surface area contributed by atoms with E-state index >= 15 is 0 Å². The summed E-state index contributed by atoms with van der Waals surface area (Å²) in [5.74, 6) is 1.80. The van der Waals surface area contributed by atoms with Crippen LogP contribution in [-0.4, -0.2) is 24.2 Å². The molecule has 2 rings (SSSR count). The molecule has 0 saturated carbocycles. The smallest absolute Gasteiger partial charge is 0.138 e. The van der Waals surface area contributed by atoms with Crippen LogP contribution in [0.2, 0.25) is 0 Å². The maximum absolute atomic E-state index is 5.12. The SMILES string of the molecule is Cc1noc(C)c1CNc1ccc(N(C)C)nc1. The maximum Gasteiger partial charge on any atom is 0.138 e. The molecular formula is C13H18N4O. The van der Waals surface area contributed by atoms with Crippen molar-refractivity contribution in [2.24, 2.45) is 0 Å². The van der Waals surface area contributed by atoms with Gasteiger partial charge in [-0.25, -0.2) is 4.98 Å². The summed E-state index contributed by atoms with van der Waals surface area (Å²) >= 11 is 0. The Bertz CT molecular complexity index is 497. The molecule has 0 spiro atoms. The van der Waals surface area contributed by atoms with E-state index in [1.54, 1.807) is 0 Å². The van der Waals surface area contributed by atoms with E-state index in [4.69, 9.17) is 4.52 Å². The van der Waals surface area contributed by atoms with E-state index in [9.17, 15) is 0 Å². The molecular weight excluding hydrogens is 228 g/mol. The second-order valence-electron chi connectivity index (χ2n) is 4.46. The van der Waals surface area contributed by atoms with Crippen LogP contribution in [0.25, 0.3) is 0 Å². The van der Waals surface area contributed by atoms with Crippen LogP contribution < -0.4 is 10.2 Å². The lowest BCUT2D eigenvalue weighted by Gasteiger charge is -2.12. The normalized spacial score (nSPS) is 10.4. The van der Waals surface area contributed by atoms with Crippen LogP contribution in [0, 0.1) is 13.8 Å². The number of hydrogen-bond donors (Lipinski definition) is 1. The van der Waals surface area contributed by atoms with E-state index in [0.29, 0.717) is 6.54 Å². The number of aryl methyl sites for hydroxylation is 2. The number of aromatic nitrogens is 2. The van der Waals surface area contributed by atoms with Gasteiger partial charge in [-0.05, 0) is 26.0 Å². The highest BCUT2D eigenvalue weighted by Gasteiger charge is 2.08. The highest BCUT2D eigenvalue weighted by molar-refractivity contribution is 5.48. The monoisotopic (exact) mass is 246 g/mol. The number of rotatable bonds is 4. The Labute approximate surface area is 107 Å². The van der Waals surface area contributed by atoms with Gasteiger partial charge in [0.2, 0.25) is 0 Å². The summed E-state index contributed by atoms with van der Waals surface area (Å²) in [6.07, 6.45) is 1.83. The van der Waals surface area contributed by atoms with Crippen molar-refractivity contribution >= 4 is 11.5 Å². The lowest BCUT2D eigenvalue weighted by Crippen LogP contribution is -2.10. The van der Waals surface area contributed by atoms with E-state index in [2.05, 4.69) is 15.5 Å². The van der Waals surface area contributed by atoms with Crippen LogP contribution in [-0.2, 0) is 6.54 Å². The van der Waals surface area contributed by atoms with E-state index in [-0.39, 0.29) is 0 Å². The van der Waals surface area contributed by atoms with Crippen molar-refractivity contribution < 1.29 is 4.52 Å². The van der Waals surface area contributed by atoms with Gasteiger partial charge in [0.25, 0.3) is 0 Å². The van der Waals surface area contributed by atoms with Crippen LogP contribution in [0.4, 0.5) is 11.5 Å². The van der Waals surface area contributed by atoms with Crippen LogP contribution in [0.1, 0.15) is 17.0 Å². The minimum Gasteiger partial charge on any atom is -0.380 e. The first-order chi connectivity index (χ1) is 8.58. The minimum absolute atomic E-state index is 0.699. The third kappa shape index (κ3) is 2.61. The molecule has 0 atom stereocenters. The summed E-state index contributed by atoms with van der Waals surface area (Å²) in [7, 11) is 3.94. The van der Waals surface area contributed by atoms with Gasteiger partial charge in [0.15, 0.2) is 0 Å². The van der Waals surface area contributed by atoms with Crippen LogP contribution in [0.15, 0.2) is 22.9 Å². The Morgan fingerprint density at radius 2 is 2.06 bits per heavy atom. The summed E-state index contributed by atoms with van der Waals surface area (Å²) < 4.78 is 5.12. The van der Waals surface area contributed by atoms with Gasteiger partial charge < -0.3 is 14.7 Å². The Morgan fingerprint density at radius 1 is 1.28 bits per heavy atom. The Balaban J connectivity index is 2.02. The molecule has 0 fully saturated rings. The van der Waals surface area contributed by atoms with Gasteiger partial charge in [-0.15, -0.1) is 0 Å². The van der Waals surface area contributed by atoms with E-state index in [0.717, 1.165) is 28.5 Å². The molecule has 5 heteroatoms. The van der Waals surface area contributed by atoms with Crippen molar-refractivity contribution in [3.63, 3.8) is 0 Å². The third-order valence-electron chi connectivity index (χ3n) is 2.86. The van der Waals surface area contributed by atoms with Crippen molar-refractivity contribution in [2.45, 2.75) is 20.4 Å². The number of nitrogens with zero attached hydrogens (tertiary/aromatic N) is 3. The van der Waals surface area contributed by atoms with Gasteiger partial charge >= 0.3 is 0 Å². The number of hydrogen-bond acceptors (Lipinski definition) is 5. The Kier molecular flexibility index (Phi) is 3.50. The molecule has 0 aliphatic heterocycles. The molecule has 5 nitrogen and oxygen atoms in total. The number of pyridine rings is 1. The Hall–Kier alpha value is -2.04. The zero-order chi connectivity index (χ0) is 13.1. The van der Waals surface area contributed by atoms with Crippen molar-refractivity contribution in [3.05, 3.63) is 35.3 Å². The minimum atomic E-state index is 0.699. The van der Waals surface area contributed by atoms with Gasteiger partial charge in [0.1, 0.15) is 11.6 Å². The fraction of sp³-hybridized carbons (Fsp3) is 0.385. The highest BCUT2D eigenvalue weighted by Crippen LogP contribution is 2.16. The molecule has 0 bridgehead atoms. The lowest BCUT2D eigenvalue weighted by molar-refractivity contribution is 0.392. The van der Waals surface area contributed by atoms with Crippen molar-refractivity contribution in [2.75, 3.05) is 24.3 Å². The Morgan fingerprint density at radius 3 is 2.56 bits per heavy atom. The topological polar surface area (TPSA) is 54.2 Å². The van der Waals surface area contributed by atoms with Crippen LogP contribution in [0.3, 0.4) is 0 Å². The van der Waals surface area contributed by atoms with Gasteiger partial charge in [0.05, 0.1) is 17.6 Å². The summed E-state index contributed by atoms with van der Waals surface area (Å²) in [4.78, 5) is 6.32. The molecule has 0 aliphatic rings. The zero-order valence-electron chi connectivity index (χ0n) is 11.2. The van der Waals surface area contributed by atoms with Crippen LogP contribution >= 0.6 is 0 Å². The molecule has 0 aliphatic carbocycles. The third-order valence-corrected chi connectivity index (χ3v) is 2.86. The molecule has 0 saturated heterocycles. The molecule has 0 unspecified atom stereocenters. The quantitative estimate of drug-likeness (QED) is 0.897. The molecule has 96 valence electrons. The fourth-order valence-electron chi connectivity index (χ4n) is 1.70. The number of anilines is 2. The maximum atomic E-state index is 5.12. The van der Waals surface area contributed by atoms with E-state index < -0.39 is 0 Å². The molecule has 0 radical (unpaired) electrons. The average molecular weight is 246 g/mol. The lowest BCUT2D eigenvalue weighted by atomic mass is 10.2. The van der Waals surface area contributed by atoms with Crippen molar-refractivity contribution in [3.8, 4) is 0 Å². The predicted octanol–water partition coefficient (Wildman–Crippen LogP) is 2.36. The first-order valence-corrected chi connectivity index (χ1v) is 5.87. The van der Waals surface area contributed by atoms with Gasteiger partial charge in [-0.2, -0.15) is 0 Å². The zero-order valence-corrected chi connectivity index (χ0v) is 11.2.